The third kappa shape index (κ3) is 3.82. The van der Waals surface area contributed by atoms with Crippen molar-refractivity contribution in [2.24, 2.45) is 17.3 Å². The third-order valence-electron chi connectivity index (χ3n) is 7.04. The minimum Gasteiger partial charge on any atom is -0.295 e. The summed E-state index contributed by atoms with van der Waals surface area (Å²) in [6.07, 6.45) is 5.17. The highest BCUT2D eigenvalue weighted by Gasteiger charge is 2.44. The van der Waals surface area contributed by atoms with Crippen molar-refractivity contribution in [2.45, 2.75) is 97.4 Å². The second-order valence-corrected chi connectivity index (χ2v) is 10.8. The van der Waals surface area contributed by atoms with Crippen molar-refractivity contribution >= 4 is 0 Å². The summed E-state index contributed by atoms with van der Waals surface area (Å²) in [5.41, 5.74) is 0.392. The molecule has 2 bridgehead atoms. The molecule has 0 amide bonds. The van der Waals surface area contributed by atoms with E-state index < -0.39 is 6.17 Å². The quantitative estimate of drug-likeness (QED) is 0.718. The maximum absolute atomic E-state index is 14.7. The Morgan fingerprint density at radius 2 is 1.46 bits per heavy atom. The molecule has 2 saturated heterocycles. The van der Waals surface area contributed by atoms with Crippen LogP contribution >= 0.6 is 0 Å². The standard InChI is InChI=1S/C21H39FN2/c1-20(2,3)18-10-7-15(11-19(18)22)12-24-16-8-9-17(24)14-23(13-16)21(4,5)6/h15-19H,7-14H2,1-6H3. The van der Waals surface area contributed by atoms with Gasteiger partial charge in [0.1, 0.15) is 6.17 Å². The van der Waals surface area contributed by atoms with Crippen LogP contribution in [0.3, 0.4) is 0 Å². The number of piperazine rings is 1. The lowest BCUT2D eigenvalue weighted by Crippen LogP contribution is -2.59. The molecule has 2 aliphatic heterocycles. The predicted octanol–water partition coefficient (Wildman–Crippen LogP) is 4.73. The van der Waals surface area contributed by atoms with Crippen LogP contribution in [0.4, 0.5) is 4.39 Å². The minimum absolute atomic E-state index is 0.113. The topological polar surface area (TPSA) is 6.48 Å². The molecule has 24 heavy (non-hydrogen) atoms. The molecule has 0 aromatic rings. The SMILES string of the molecule is CC(C)(C)C1CCC(CN2C3CCC2CN(C(C)(C)C)C3)CC1F. The van der Waals surface area contributed by atoms with E-state index in [2.05, 4.69) is 51.3 Å². The molecule has 0 spiro atoms. The highest BCUT2D eigenvalue weighted by Crippen LogP contribution is 2.43. The molecular formula is C21H39FN2. The Kier molecular flexibility index (Phi) is 5.08. The Morgan fingerprint density at radius 1 is 0.875 bits per heavy atom. The van der Waals surface area contributed by atoms with Gasteiger partial charge < -0.3 is 0 Å². The van der Waals surface area contributed by atoms with E-state index in [9.17, 15) is 4.39 Å². The number of alkyl halides is 1. The zero-order valence-corrected chi connectivity index (χ0v) is 16.8. The summed E-state index contributed by atoms with van der Waals surface area (Å²) in [4.78, 5) is 5.43. The summed E-state index contributed by atoms with van der Waals surface area (Å²) in [5, 5.41) is 0. The molecule has 3 aliphatic rings. The van der Waals surface area contributed by atoms with E-state index in [-0.39, 0.29) is 16.9 Å². The molecule has 1 aliphatic carbocycles. The third-order valence-corrected chi connectivity index (χ3v) is 7.04. The first-order valence-corrected chi connectivity index (χ1v) is 10.2. The van der Waals surface area contributed by atoms with Gasteiger partial charge in [0.15, 0.2) is 0 Å². The van der Waals surface area contributed by atoms with E-state index in [0.29, 0.717) is 18.0 Å². The van der Waals surface area contributed by atoms with Crippen molar-refractivity contribution in [3.63, 3.8) is 0 Å². The van der Waals surface area contributed by atoms with Gasteiger partial charge in [-0.05, 0) is 70.1 Å². The van der Waals surface area contributed by atoms with Crippen LogP contribution < -0.4 is 0 Å². The predicted molar refractivity (Wildman–Crippen MR) is 100 cm³/mol. The zero-order chi connectivity index (χ0) is 17.7. The summed E-state index contributed by atoms with van der Waals surface area (Å²) < 4.78 is 14.7. The fourth-order valence-electron chi connectivity index (χ4n) is 5.47. The highest BCUT2D eigenvalue weighted by atomic mass is 19.1. The largest absolute Gasteiger partial charge is 0.295 e. The summed E-state index contributed by atoms with van der Waals surface area (Å²) in [6, 6.07) is 1.42. The molecule has 5 unspecified atom stereocenters. The maximum atomic E-state index is 14.7. The van der Waals surface area contributed by atoms with Crippen LogP contribution in [0.15, 0.2) is 0 Å². The number of halogens is 1. The first kappa shape index (κ1) is 18.6. The summed E-state index contributed by atoms with van der Waals surface area (Å²) >= 11 is 0. The number of nitrogens with zero attached hydrogens (tertiary/aromatic N) is 2. The molecule has 1 saturated carbocycles. The number of likely N-dealkylation sites (tertiary alicyclic amines) is 1. The van der Waals surface area contributed by atoms with E-state index in [4.69, 9.17) is 0 Å². The van der Waals surface area contributed by atoms with E-state index in [1.165, 1.54) is 32.4 Å². The lowest BCUT2D eigenvalue weighted by Gasteiger charge is -2.48. The van der Waals surface area contributed by atoms with E-state index in [1.54, 1.807) is 0 Å². The van der Waals surface area contributed by atoms with Crippen LogP contribution in [0.25, 0.3) is 0 Å². The van der Waals surface area contributed by atoms with Gasteiger partial charge in [0, 0.05) is 37.3 Å². The van der Waals surface area contributed by atoms with Crippen LogP contribution in [0, 0.1) is 17.3 Å². The van der Waals surface area contributed by atoms with Crippen LogP contribution in [0.5, 0.6) is 0 Å². The van der Waals surface area contributed by atoms with Crippen LogP contribution in [0.2, 0.25) is 0 Å². The molecule has 140 valence electrons. The Labute approximate surface area is 149 Å². The molecular weight excluding hydrogens is 299 g/mol. The molecule has 3 rings (SSSR count). The second kappa shape index (κ2) is 6.54. The van der Waals surface area contributed by atoms with Crippen molar-refractivity contribution in [2.75, 3.05) is 19.6 Å². The zero-order valence-electron chi connectivity index (χ0n) is 16.8. The smallest absolute Gasteiger partial charge is 0.104 e. The first-order valence-electron chi connectivity index (χ1n) is 10.2. The average molecular weight is 339 g/mol. The van der Waals surface area contributed by atoms with Crippen molar-refractivity contribution < 1.29 is 4.39 Å². The number of fused-ring (bicyclic) bond motifs is 2. The van der Waals surface area contributed by atoms with Gasteiger partial charge in [0.05, 0.1) is 0 Å². The van der Waals surface area contributed by atoms with Gasteiger partial charge in [-0.25, -0.2) is 4.39 Å². The fourth-order valence-corrected chi connectivity index (χ4v) is 5.47. The second-order valence-electron chi connectivity index (χ2n) is 10.8. The summed E-state index contributed by atoms with van der Waals surface area (Å²) in [6.45, 7) is 17.2. The summed E-state index contributed by atoms with van der Waals surface area (Å²) in [7, 11) is 0. The van der Waals surface area contributed by atoms with Crippen LogP contribution in [-0.4, -0.2) is 53.2 Å². The summed E-state index contributed by atoms with van der Waals surface area (Å²) in [5.74, 6) is 0.825. The molecule has 0 radical (unpaired) electrons. The average Bonchev–Trinajstić information content (AvgIpc) is 2.67. The van der Waals surface area contributed by atoms with Crippen LogP contribution in [0.1, 0.15) is 73.6 Å². The van der Waals surface area contributed by atoms with E-state index in [1.807, 2.05) is 0 Å². The van der Waals surface area contributed by atoms with Gasteiger partial charge in [0.2, 0.25) is 0 Å². The van der Waals surface area contributed by atoms with Crippen molar-refractivity contribution in [3.8, 4) is 0 Å². The van der Waals surface area contributed by atoms with Gasteiger partial charge in [-0.3, -0.25) is 9.80 Å². The molecule has 3 heteroatoms. The first-order chi connectivity index (χ1) is 11.1. The van der Waals surface area contributed by atoms with E-state index >= 15 is 0 Å². The molecule has 3 fully saturated rings. The van der Waals surface area contributed by atoms with Gasteiger partial charge in [-0.15, -0.1) is 0 Å². The number of hydrogen-bond donors (Lipinski definition) is 0. The van der Waals surface area contributed by atoms with Crippen molar-refractivity contribution in [3.05, 3.63) is 0 Å². The number of rotatable bonds is 2. The molecule has 2 heterocycles. The molecule has 0 aromatic carbocycles. The molecule has 2 nitrogen and oxygen atoms in total. The lowest BCUT2D eigenvalue weighted by atomic mass is 9.68. The Balaban J connectivity index is 1.57. The van der Waals surface area contributed by atoms with Gasteiger partial charge >= 0.3 is 0 Å². The minimum atomic E-state index is -0.600. The van der Waals surface area contributed by atoms with Crippen LogP contribution in [-0.2, 0) is 0 Å². The van der Waals surface area contributed by atoms with E-state index in [0.717, 1.165) is 19.4 Å². The Bertz CT molecular complexity index is 422. The van der Waals surface area contributed by atoms with Gasteiger partial charge in [-0.2, -0.15) is 0 Å². The van der Waals surface area contributed by atoms with Gasteiger partial charge in [-0.1, -0.05) is 20.8 Å². The molecule has 5 atom stereocenters. The van der Waals surface area contributed by atoms with Gasteiger partial charge in [0.25, 0.3) is 0 Å². The molecule has 0 N–H and O–H groups in total. The van der Waals surface area contributed by atoms with Crippen molar-refractivity contribution in [1.82, 2.24) is 9.80 Å². The lowest BCUT2D eigenvalue weighted by molar-refractivity contribution is -0.00947. The fraction of sp³-hybridized carbons (Fsp3) is 1.00. The normalized spacial score (nSPS) is 39.4. The highest BCUT2D eigenvalue weighted by molar-refractivity contribution is 5.00. The Hall–Kier alpha value is -0.150. The monoisotopic (exact) mass is 338 g/mol. The Morgan fingerprint density at radius 3 is 1.92 bits per heavy atom. The molecule has 0 aromatic heterocycles. The number of hydrogen-bond acceptors (Lipinski definition) is 2. The maximum Gasteiger partial charge on any atom is 0.104 e. The van der Waals surface area contributed by atoms with Crippen molar-refractivity contribution in [1.29, 1.82) is 0 Å².